The molecule has 0 saturated heterocycles. The standard InChI is InChI=1S/2C9H18O2S.2C4H9.Sn/c2*1-2-3-4-5-6-8(7-12)9(10)11;2*1-3-4-2;/h2*8,12H,2-7H2,1H3,(H,10,11);2*1,3-4H2,2H3;/q;;;;+2/p-2. The molecule has 0 bridgehead atoms. The fraction of sp³-hybridized carbons (Fsp3) is 0.923. The van der Waals surface area contributed by atoms with E-state index in [1.54, 1.807) is 0 Å². The van der Waals surface area contributed by atoms with Crippen LogP contribution in [0.15, 0.2) is 0 Å². The molecule has 0 amide bonds. The summed E-state index contributed by atoms with van der Waals surface area (Å²) in [7, 11) is 0. The summed E-state index contributed by atoms with van der Waals surface area (Å²) in [4.78, 5) is 26.4. The quantitative estimate of drug-likeness (QED) is 0.0738. The Morgan fingerprint density at radius 1 is 0.606 bits per heavy atom. The van der Waals surface area contributed by atoms with Crippen molar-refractivity contribution in [3.63, 3.8) is 0 Å². The van der Waals surface area contributed by atoms with Gasteiger partial charge in [-0.25, -0.2) is 0 Å². The molecule has 0 aromatic heterocycles. The molecule has 2 atom stereocenters. The summed E-state index contributed by atoms with van der Waals surface area (Å²) < 4.78 is 14.1. The molecule has 0 rings (SSSR count). The molecule has 0 spiro atoms. The average Bonchev–Trinajstić information content (AvgIpc) is 2.81. The summed E-state index contributed by atoms with van der Waals surface area (Å²) in [6, 6.07) is 0. The second-order valence-electron chi connectivity index (χ2n) is 9.42. The topological polar surface area (TPSA) is 52.6 Å². The van der Waals surface area contributed by atoms with Gasteiger partial charge in [0, 0.05) is 0 Å². The number of carbonyl (C=O) groups excluding carboxylic acids is 2. The van der Waals surface area contributed by atoms with Crippen molar-refractivity contribution < 1.29 is 15.7 Å². The molecule has 0 aromatic carbocycles. The van der Waals surface area contributed by atoms with Gasteiger partial charge >= 0.3 is 222 Å². The van der Waals surface area contributed by atoms with E-state index in [9.17, 15) is 9.59 Å². The Labute approximate surface area is 220 Å². The third kappa shape index (κ3) is 15.2. The van der Waals surface area contributed by atoms with Crippen molar-refractivity contribution in [1.82, 2.24) is 0 Å². The molecule has 0 heterocycles. The first-order valence-corrected chi connectivity index (χ1v) is 21.2. The van der Waals surface area contributed by atoms with E-state index in [2.05, 4.69) is 53.0 Å². The zero-order valence-electron chi connectivity index (χ0n) is 21.9. The van der Waals surface area contributed by atoms with Gasteiger partial charge in [0.15, 0.2) is 0 Å². The van der Waals surface area contributed by atoms with E-state index in [4.69, 9.17) is 6.15 Å². The zero-order valence-corrected chi connectivity index (χ0v) is 26.6. The van der Waals surface area contributed by atoms with Crippen LogP contribution in [0.1, 0.15) is 118 Å². The Balaban J connectivity index is 5.43. The summed E-state index contributed by atoms with van der Waals surface area (Å²) in [5.41, 5.74) is 0. The summed E-state index contributed by atoms with van der Waals surface area (Å²) in [6.45, 7) is 8.64. The van der Waals surface area contributed by atoms with Gasteiger partial charge < -0.3 is 0 Å². The molecule has 33 heavy (non-hydrogen) atoms. The minimum atomic E-state index is -3.93. The molecule has 2 unspecified atom stereocenters. The van der Waals surface area contributed by atoms with E-state index in [-0.39, 0.29) is 23.8 Å². The van der Waals surface area contributed by atoms with Crippen LogP contribution in [0.25, 0.3) is 0 Å². The SMILES string of the molecule is CCCCCCC(CS)C(=O)[O][Sn]([CH2]CCC)([CH2]CCC)[O]C(=O)C(CS)CCCCCC. The molecule has 4 nitrogen and oxygen atoms in total. The third-order valence-corrected chi connectivity index (χ3v) is 16.8. The van der Waals surface area contributed by atoms with Gasteiger partial charge in [-0.3, -0.25) is 0 Å². The normalized spacial score (nSPS) is 13.5. The third-order valence-electron chi connectivity index (χ3n) is 6.32. The van der Waals surface area contributed by atoms with Crippen LogP contribution in [0.2, 0.25) is 8.87 Å². The first kappa shape index (κ1) is 33.4. The Morgan fingerprint density at radius 2 is 0.970 bits per heavy atom. The van der Waals surface area contributed by atoms with Crippen molar-refractivity contribution in [2.24, 2.45) is 11.8 Å². The van der Waals surface area contributed by atoms with Crippen molar-refractivity contribution in [2.75, 3.05) is 11.5 Å². The molecule has 0 saturated carbocycles. The van der Waals surface area contributed by atoms with E-state index in [1.165, 1.54) is 25.7 Å². The minimum absolute atomic E-state index is 0.178. The number of hydrogen-bond donors (Lipinski definition) is 2. The van der Waals surface area contributed by atoms with Crippen molar-refractivity contribution >= 4 is 56.4 Å². The number of thiol groups is 2. The van der Waals surface area contributed by atoms with E-state index in [0.717, 1.165) is 73.1 Å². The Bertz CT molecular complexity index is 461. The van der Waals surface area contributed by atoms with Gasteiger partial charge in [0.1, 0.15) is 0 Å². The monoisotopic (exact) mass is 612 g/mol. The molecule has 0 aromatic rings. The Hall–Kier alpha value is 0.439. The summed E-state index contributed by atoms with van der Waals surface area (Å²) >= 11 is 4.96. The van der Waals surface area contributed by atoms with Crippen LogP contribution in [0.3, 0.4) is 0 Å². The van der Waals surface area contributed by atoms with Gasteiger partial charge in [-0.05, 0) is 0 Å². The average molecular weight is 612 g/mol. The molecule has 0 aliphatic heterocycles. The molecule has 0 aliphatic carbocycles. The zero-order chi connectivity index (χ0) is 25.0. The number of unbranched alkanes of at least 4 members (excludes halogenated alkanes) is 8. The van der Waals surface area contributed by atoms with Crippen molar-refractivity contribution in [2.45, 2.75) is 126 Å². The van der Waals surface area contributed by atoms with E-state index < -0.39 is 19.2 Å². The van der Waals surface area contributed by atoms with Crippen LogP contribution in [0.4, 0.5) is 0 Å². The van der Waals surface area contributed by atoms with E-state index in [0.29, 0.717) is 11.5 Å². The van der Waals surface area contributed by atoms with Crippen LogP contribution in [-0.4, -0.2) is 42.6 Å². The number of rotatable bonds is 22. The predicted molar refractivity (Wildman–Crippen MR) is 150 cm³/mol. The number of hydrogen-bond acceptors (Lipinski definition) is 6. The fourth-order valence-corrected chi connectivity index (χ4v) is 14.8. The van der Waals surface area contributed by atoms with Gasteiger partial charge in [-0.15, -0.1) is 0 Å². The van der Waals surface area contributed by atoms with Gasteiger partial charge in [0.05, 0.1) is 0 Å². The van der Waals surface area contributed by atoms with E-state index >= 15 is 0 Å². The van der Waals surface area contributed by atoms with Gasteiger partial charge in [0.25, 0.3) is 0 Å². The molecular formula is C26H52O4S2Sn. The number of carbonyl (C=O) groups is 2. The molecule has 0 radical (unpaired) electrons. The van der Waals surface area contributed by atoms with Crippen LogP contribution < -0.4 is 0 Å². The second-order valence-corrected chi connectivity index (χ2v) is 19.4. The summed E-state index contributed by atoms with van der Waals surface area (Å²) in [6.07, 6.45) is 14.5. The molecule has 7 heteroatoms. The predicted octanol–water partition coefficient (Wildman–Crippen LogP) is 8.15. The second kappa shape index (κ2) is 21.7. The maximum absolute atomic E-state index is 13.2. The molecule has 0 N–H and O–H groups in total. The summed E-state index contributed by atoms with van der Waals surface area (Å²) in [5, 5.41) is 0. The fourth-order valence-electron chi connectivity index (χ4n) is 3.98. The van der Waals surface area contributed by atoms with Gasteiger partial charge in [0.2, 0.25) is 0 Å². The van der Waals surface area contributed by atoms with Crippen LogP contribution >= 0.6 is 25.3 Å². The Morgan fingerprint density at radius 3 is 1.27 bits per heavy atom. The van der Waals surface area contributed by atoms with Gasteiger partial charge in [-0.2, -0.15) is 0 Å². The van der Waals surface area contributed by atoms with Crippen molar-refractivity contribution in [3.8, 4) is 0 Å². The van der Waals surface area contributed by atoms with Crippen LogP contribution in [0, 0.1) is 11.8 Å². The van der Waals surface area contributed by atoms with Crippen LogP contribution in [0.5, 0.6) is 0 Å². The van der Waals surface area contributed by atoms with Crippen molar-refractivity contribution in [3.05, 3.63) is 0 Å². The van der Waals surface area contributed by atoms with Crippen molar-refractivity contribution in [1.29, 1.82) is 0 Å². The molecule has 0 fully saturated rings. The molecular weight excluding hydrogens is 559 g/mol. The maximum atomic E-state index is 13.2. The Kier molecular flexibility index (Phi) is 22.0. The first-order valence-electron chi connectivity index (χ1n) is 13.6. The molecule has 0 aliphatic rings. The molecule has 196 valence electrons. The van der Waals surface area contributed by atoms with Gasteiger partial charge in [-0.1, -0.05) is 0 Å². The summed E-state index contributed by atoms with van der Waals surface area (Å²) in [5.74, 6) is 0.194. The first-order chi connectivity index (χ1) is 15.9. The van der Waals surface area contributed by atoms with Crippen LogP contribution in [-0.2, 0) is 15.7 Å². The van der Waals surface area contributed by atoms with E-state index in [1.807, 2.05) is 0 Å².